The first kappa shape index (κ1) is 16.1. The van der Waals surface area contributed by atoms with Crippen LogP contribution in [0.2, 0.25) is 0 Å². The van der Waals surface area contributed by atoms with Crippen LogP contribution < -0.4 is 0 Å². The SMILES string of the molecule is CC(C)(C)OC(=O)N1CCCC2(CCOCC2C(=O)O)C1. The van der Waals surface area contributed by atoms with E-state index in [-0.39, 0.29) is 18.1 Å². The van der Waals surface area contributed by atoms with Crippen LogP contribution in [0.1, 0.15) is 40.0 Å². The Morgan fingerprint density at radius 2 is 2.05 bits per heavy atom. The van der Waals surface area contributed by atoms with Crippen molar-refractivity contribution in [2.24, 2.45) is 11.3 Å². The number of aliphatic carboxylic acids is 1. The summed E-state index contributed by atoms with van der Waals surface area (Å²) in [5.41, 5.74) is -0.914. The van der Waals surface area contributed by atoms with Crippen molar-refractivity contribution < 1.29 is 24.2 Å². The highest BCUT2D eigenvalue weighted by Gasteiger charge is 2.49. The molecule has 0 aromatic heterocycles. The maximum absolute atomic E-state index is 12.2. The van der Waals surface area contributed by atoms with Gasteiger partial charge in [-0.25, -0.2) is 4.79 Å². The fourth-order valence-corrected chi connectivity index (χ4v) is 3.29. The number of carboxylic acids is 1. The average molecular weight is 299 g/mol. The predicted octanol–water partition coefficient (Wildman–Crippen LogP) is 2.12. The summed E-state index contributed by atoms with van der Waals surface area (Å²) in [4.78, 5) is 25.4. The van der Waals surface area contributed by atoms with E-state index >= 15 is 0 Å². The molecular formula is C15H25NO5. The number of carbonyl (C=O) groups excluding carboxylic acids is 1. The lowest BCUT2D eigenvalue weighted by Gasteiger charge is -2.48. The van der Waals surface area contributed by atoms with E-state index in [9.17, 15) is 14.7 Å². The fourth-order valence-electron chi connectivity index (χ4n) is 3.29. The summed E-state index contributed by atoms with van der Waals surface area (Å²) in [6, 6.07) is 0. The van der Waals surface area contributed by atoms with Crippen molar-refractivity contribution in [3.63, 3.8) is 0 Å². The maximum atomic E-state index is 12.2. The van der Waals surface area contributed by atoms with Gasteiger partial charge in [-0.1, -0.05) is 0 Å². The normalized spacial score (nSPS) is 30.2. The number of hydrogen-bond donors (Lipinski definition) is 1. The molecule has 2 aliphatic rings. The zero-order valence-electron chi connectivity index (χ0n) is 13.1. The Morgan fingerprint density at radius 1 is 1.33 bits per heavy atom. The molecular weight excluding hydrogens is 274 g/mol. The zero-order valence-corrected chi connectivity index (χ0v) is 13.1. The number of carbonyl (C=O) groups is 2. The molecule has 0 aromatic rings. The van der Waals surface area contributed by atoms with E-state index in [1.165, 1.54) is 0 Å². The highest BCUT2D eigenvalue weighted by atomic mass is 16.6. The average Bonchev–Trinajstić information content (AvgIpc) is 2.37. The van der Waals surface area contributed by atoms with E-state index in [4.69, 9.17) is 9.47 Å². The summed E-state index contributed by atoms with van der Waals surface area (Å²) in [5.74, 6) is -1.38. The quantitative estimate of drug-likeness (QED) is 0.802. The number of carboxylic acid groups (broad SMARTS) is 1. The topological polar surface area (TPSA) is 76.1 Å². The number of ether oxygens (including phenoxy) is 2. The second-order valence-electron chi connectivity index (χ2n) is 7.08. The fraction of sp³-hybridized carbons (Fsp3) is 0.867. The van der Waals surface area contributed by atoms with Crippen LogP contribution in [0, 0.1) is 11.3 Å². The molecule has 6 nitrogen and oxygen atoms in total. The van der Waals surface area contributed by atoms with Crippen LogP contribution in [0.3, 0.4) is 0 Å². The first-order valence-electron chi connectivity index (χ1n) is 7.52. The molecule has 2 fully saturated rings. The van der Waals surface area contributed by atoms with Crippen molar-refractivity contribution in [3.8, 4) is 0 Å². The van der Waals surface area contributed by atoms with E-state index in [2.05, 4.69) is 0 Å². The highest BCUT2D eigenvalue weighted by Crippen LogP contribution is 2.43. The molecule has 120 valence electrons. The van der Waals surface area contributed by atoms with E-state index in [1.807, 2.05) is 20.8 Å². The van der Waals surface area contributed by atoms with Gasteiger partial charge in [0.15, 0.2) is 0 Å². The monoisotopic (exact) mass is 299 g/mol. The molecule has 1 N–H and O–H groups in total. The van der Waals surface area contributed by atoms with Gasteiger partial charge >= 0.3 is 12.1 Å². The largest absolute Gasteiger partial charge is 0.481 e. The lowest BCUT2D eigenvalue weighted by atomic mass is 9.67. The Morgan fingerprint density at radius 3 is 2.67 bits per heavy atom. The molecule has 0 bridgehead atoms. The minimum atomic E-state index is -0.833. The number of hydrogen-bond acceptors (Lipinski definition) is 4. The van der Waals surface area contributed by atoms with Gasteiger partial charge in [0.05, 0.1) is 12.5 Å². The molecule has 6 heteroatoms. The van der Waals surface area contributed by atoms with Gasteiger partial charge in [-0.05, 0) is 40.0 Å². The summed E-state index contributed by atoms with van der Waals surface area (Å²) in [5, 5.41) is 9.45. The van der Waals surface area contributed by atoms with Crippen molar-refractivity contribution >= 4 is 12.1 Å². The molecule has 2 rings (SSSR count). The van der Waals surface area contributed by atoms with Crippen LogP contribution in [0.5, 0.6) is 0 Å². The van der Waals surface area contributed by atoms with Crippen LogP contribution in [0.15, 0.2) is 0 Å². The standard InChI is InChI=1S/C15H25NO5/c1-14(2,3)21-13(19)16-7-4-5-15(10-16)6-8-20-9-11(15)12(17)18/h11H,4-10H2,1-3H3,(H,17,18). The molecule has 0 aliphatic carbocycles. The van der Waals surface area contributed by atoms with Gasteiger partial charge in [0, 0.05) is 25.1 Å². The van der Waals surface area contributed by atoms with Gasteiger partial charge < -0.3 is 19.5 Å². The predicted molar refractivity (Wildman–Crippen MR) is 76.0 cm³/mol. The first-order valence-corrected chi connectivity index (χ1v) is 7.52. The molecule has 0 aromatic carbocycles. The Bertz CT molecular complexity index is 413. The lowest BCUT2D eigenvalue weighted by Crippen LogP contribution is -2.55. The minimum absolute atomic E-state index is 0.234. The Balaban J connectivity index is 2.11. The molecule has 2 unspecified atom stereocenters. The summed E-state index contributed by atoms with van der Waals surface area (Å²) in [6.45, 7) is 7.37. The summed E-state index contributed by atoms with van der Waals surface area (Å²) in [6.07, 6.45) is 1.97. The third-order valence-corrected chi connectivity index (χ3v) is 4.33. The Kier molecular flexibility index (Phi) is 4.46. The maximum Gasteiger partial charge on any atom is 0.410 e. The van der Waals surface area contributed by atoms with Crippen LogP contribution in [0.4, 0.5) is 4.79 Å². The second-order valence-corrected chi connectivity index (χ2v) is 7.08. The number of nitrogens with zero attached hydrogens (tertiary/aromatic N) is 1. The van der Waals surface area contributed by atoms with Crippen molar-refractivity contribution in [2.75, 3.05) is 26.3 Å². The van der Waals surface area contributed by atoms with Gasteiger partial charge in [-0.3, -0.25) is 4.79 Å². The van der Waals surface area contributed by atoms with Crippen LogP contribution in [-0.2, 0) is 14.3 Å². The molecule has 1 spiro atoms. The van der Waals surface area contributed by atoms with Crippen LogP contribution >= 0.6 is 0 Å². The number of likely N-dealkylation sites (tertiary alicyclic amines) is 1. The minimum Gasteiger partial charge on any atom is -0.481 e. The number of piperidine rings is 1. The van der Waals surface area contributed by atoms with Gasteiger partial charge in [-0.15, -0.1) is 0 Å². The summed E-state index contributed by atoms with van der Waals surface area (Å²) >= 11 is 0. The van der Waals surface area contributed by atoms with Crippen molar-refractivity contribution in [1.82, 2.24) is 4.90 Å². The van der Waals surface area contributed by atoms with Crippen LogP contribution in [-0.4, -0.2) is 54.0 Å². The van der Waals surface area contributed by atoms with Crippen molar-refractivity contribution in [2.45, 2.75) is 45.6 Å². The molecule has 21 heavy (non-hydrogen) atoms. The number of amides is 1. The van der Waals surface area contributed by atoms with Gasteiger partial charge in [0.1, 0.15) is 5.60 Å². The Hall–Kier alpha value is -1.30. The van der Waals surface area contributed by atoms with E-state index in [1.54, 1.807) is 4.90 Å². The molecule has 2 atom stereocenters. The van der Waals surface area contributed by atoms with E-state index < -0.39 is 17.5 Å². The molecule has 2 aliphatic heterocycles. The van der Waals surface area contributed by atoms with E-state index in [0.29, 0.717) is 26.1 Å². The molecule has 1 amide bonds. The van der Waals surface area contributed by atoms with Crippen LogP contribution in [0.25, 0.3) is 0 Å². The molecule has 0 saturated carbocycles. The first-order chi connectivity index (χ1) is 9.73. The third-order valence-electron chi connectivity index (χ3n) is 4.33. The van der Waals surface area contributed by atoms with Crippen molar-refractivity contribution in [3.05, 3.63) is 0 Å². The van der Waals surface area contributed by atoms with Gasteiger partial charge in [0.2, 0.25) is 0 Å². The lowest BCUT2D eigenvalue weighted by molar-refractivity contribution is -0.160. The second kappa shape index (κ2) is 5.83. The van der Waals surface area contributed by atoms with E-state index in [0.717, 1.165) is 12.8 Å². The molecule has 2 heterocycles. The highest BCUT2D eigenvalue weighted by molar-refractivity contribution is 5.72. The smallest absolute Gasteiger partial charge is 0.410 e. The van der Waals surface area contributed by atoms with Gasteiger partial charge in [-0.2, -0.15) is 0 Å². The van der Waals surface area contributed by atoms with Crippen molar-refractivity contribution in [1.29, 1.82) is 0 Å². The number of rotatable bonds is 1. The summed E-state index contributed by atoms with van der Waals surface area (Å²) < 4.78 is 10.7. The zero-order chi connectivity index (χ0) is 15.7. The Labute approximate surface area is 125 Å². The molecule has 0 radical (unpaired) electrons. The van der Waals surface area contributed by atoms with Gasteiger partial charge in [0.25, 0.3) is 0 Å². The molecule has 2 saturated heterocycles. The third kappa shape index (κ3) is 3.67. The summed E-state index contributed by atoms with van der Waals surface area (Å²) in [7, 11) is 0.